The quantitative estimate of drug-likeness (QED) is 0.495. The van der Waals surface area contributed by atoms with E-state index in [1.807, 2.05) is 13.8 Å². The molecule has 0 atom stereocenters. The summed E-state index contributed by atoms with van der Waals surface area (Å²) in [5.74, 6) is 0. The number of rotatable bonds is 6. The van der Waals surface area contributed by atoms with Crippen molar-refractivity contribution in [3.63, 3.8) is 0 Å². The predicted octanol–water partition coefficient (Wildman–Crippen LogP) is 2.36. The molecule has 1 N–H and O–H groups in total. The van der Waals surface area contributed by atoms with E-state index >= 15 is 0 Å². The lowest BCUT2D eigenvalue weighted by atomic mass is 10.2. The minimum atomic E-state index is -3.89. The van der Waals surface area contributed by atoms with Crippen LogP contribution in [-0.2, 0) is 10.0 Å². The van der Waals surface area contributed by atoms with Crippen molar-refractivity contribution < 1.29 is 13.3 Å². The Morgan fingerprint density at radius 3 is 2.45 bits per heavy atom. The smallest absolute Gasteiger partial charge is 0.258 e. The van der Waals surface area contributed by atoms with Crippen LogP contribution in [0, 0.1) is 17.0 Å². The van der Waals surface area contributed by atoms with Gasteiger partial charge in [-0.2, -0.15) is 13.5 Å². The lowest BCUT2D eigenvalue weighted by Gasteiger charge is -2.06. The van der Waals surface area contributed by atoms with Crippen LogP contribution < -0.4 is 4.83 Å². The third kappa shape index (κ3) is 3.77. The largest absolute Gasteiger partial charge is 0.276 e. The number of nitrogens with zero attached hydrogens (tertiary/aromatic N) is 2. The molecule has 1 aromatic carbocycles. The molecule has 0 aromatic heterocycles. The fraction of sp³-hybridized carbons (Fsp3) is 0.417. The molecule has 0 bridgehead atoms. The van der Waals surface area contributed by atoms with Crippen LogP contribution in [0.15, 0.2) is 28.2 Å². The highest BCUT2D eigenvalue weighted by Crippen LogP contribution is 2.22. The van der Waals surface area contributed by atoms with E-state index in [1.165, 1.54) is 12.1 Å². The molecule has 0 saturated carbocycles. The molecule has 110 valence electrons. The summed E-state index contributed by atoms with van der Waals surface area (Å²) < 4.78 is 24.0. The van der Waals surface area contributed by atoms with E-state index in [0.29, 0.717) is 24.1 Å². The van der Waals surface area contributed by atoms with Gasteiger partial charge in [0.05, 0.1) is 9.82 Å². The first kappa shape index (κ1) is 16.1. The van der Waals surface area contributed by atoms with Crippen molar-refractivity contribution in [1.29, 1.82) is 0 Å². The summed E-state index contributed by atoms with van der Waals surface area (Å²) in [7, 11) is -3.89. The van der Waals surface area contributed by atoms with Gasteiger partial charge < -0.3 is 0 Å². The van der Waals surface area contributed by atoms with Gasteiger partial charge in [-0.05, 0) is 25.8 Å². The second-order valence-corrected chi connectivity index (χ2v) is 5.85. The summed E-state index contributed by atoms with van der Waals surface area (Å²) in [6.45, 7) is 5.28. The van der Waals surface area contributed by atoms with Crippen molar-refractivity contribution in [2.24, 2.45) is 5.10 Å². The number of sulfonamides is 1. The molecule has 20 heavy (non-hydrogen) atoms. The molecule has 0 fully saturated rings. The summed E-state index contributed by atoms with van der Waals surface area (Å²) in [5.41, 5.74) is 0.874. The second kappa shape index (κ2) is 6.47. The fourth-order valence-electron chi connectivity index (χ4n) is 1.54. The summed E-state index contributed by atoms with van der Waals surface area (Å²) in [6.07, 6.45) is 1.26. The second-order valence-electron chi connectivity index (χ2n) is 4.19. The Morgan fingerprint density at radius 1 is 1.35 bits per heavy atom. The molecule has 0 unspecified atom stereocenters. The highest BCUT2D eigenvalue weighted by atomic mass is 32.2. The van der Waals surface area contributed by atoms with Gasteiger partial charge in [-0.1, -0.05) is 19.9 Å². The molecule has 0 saturated heterocycles. The third-order valence-corrected chi connectivity index (χ3v) is 4.03. The van der Waals surface area contributed by atoms with Crippen LogP contribution in [0.4, 0.5) is 5.69 Å². The summed E-state index contributed by atoms with van der Waals surface area (Å²) >= 11 is 0. The SMILES string of the molecule is CCC(CC)=NNS(=O)(=O)c1ccc(C)c([N+](=O)[O-])c1. The number of aryl methyl sites for hydroxylation is 1. The maximum Gasteiger partial charge on any atom is 0.276 e. The molecule has 7 nitrogen and oxygen atoms in total. The van der Waals surface area contributed by atoms with E-state index in [9.17, 15) is 18.5 Å². The number of nitrogens with one attached hydrogen (secondary N) is 1. The van der Waals surface area contributed by atoms with Crippen molar-refractivity contribution >= 4 is 21.4 Å². The number of nitro benzene ring substituents is 1. The van der Waals surface area contributed by atoms with Crippen molar-refractivity contribution in [3.05, 3.63) is 33.9 Å². The molecule has 0 spiro atoms. The van der Waals surface area contributed by atoms with E-state index in [2.05, 4.69) is 9.93 Å². The van der Waals surface area contributed by atoms with E-state index in [-0.39, 0.29) is 10.6 Å². The highest BCUT2D eigenvalue weighted by molar-refractivity contribution is 7.89. The van der Waals surface area contributed by atoms with Gasteiger partial charge in [-0.3, -0.25) is 10.1 Å². The highest BCUT2D eigenvalue weighted by Gasteiger charge is 2.19. The lowest BCUT2D eigenvalue weighted by molar-refractivity contribution is -0.385. The first-order valence-electron chi connectivity index (χ1n) is 6.14. The van der Waals surface area contributed by atoms with Crippen molar-refractivity contribution in [2.45, 2.75) is 38.5 Å². The van der Waals surface area contributed by atoms with Crippen molar-refractivity contribution in [1.82, 2.24) is 4.83 Å². The number of hydrazone groups is 1. The molecule has 0 aliphatic carbocycles. The molecular formula is C12H17N3O4S. The first-order valence-corrected chi connectivity index (χ1v) is 7.62. The van der Waals surface area contributed by atoms with E-state index in [0.717, 1.165) is 6.07 Å². The van der Waals surface area contributed by atoms with Crippen LogP contribution >= 0.6 is 0 Å². The molecule has 0 heterocycles. The minimum absolute atomic E-state index is 0.176. The van der Waals surface area contributed by atoms with E-state index < -0.39 is 14.9 Å². The molecule has 0 aliphatic heterocycles. The molecule has 1 rings (SSSR count). The number of hydrogen-bond acceptors (Lipinski definition) is 5. The van der Waals surface area contributed by atoms with Crippen molar-refractivity contribution in [3.8, 4) is 0 Å². The summed E-state index contributed by atoms with van der Waals surface area (Å²) in [6, 6.07) is 3.75. The summed E-state index contributed by atoms with van der Waals surface area (Å²) in [4.78, 5) is 12.1. The van der Waals surface area contributed by atoms with Gasteiger partial charge in [0.1, 0.15) is 0 Å². The fourth-order valence-corrected chi connectivity index (χ4v) is 2.41. The molecule has 0 aliphatic rings. The van der Waals surface area contributed by atoms with Crippen LogP contribution in [-0.4, -0.2) is 19.1 Å². The number of benzene rings is 1. The predicted molar refractivity (Wildman–Crippen MR) is 76.2 cm³/mol. The Bertz CT molecular complexity index is 632. The van der Waals surface area contributed by atoms with Gasteiger partial charge >= 0.3 is 0 Å². The van der Waals surface area contributed by atoms with Crippen LogP contribution in [0.1, 0.15) is 32.3 Å². The molecular weight excluding hydrogens is 282 g/mol. The van der Waals surface area contributed by atoms with Gasteiger partial charge in [0.25, 0.3) is 15.7 Å². The molecule has 0 radical (unpaired) electrons. The lowest BCUT2D eigenvalue weighted by Crippen LogP contribution is -2.20. The Labute approximate surface area is 117 Å². The zero-order valence-electron chi connectivity index (χ0n) is 11.6. The molecule has 1 aromatic rings. The Morgan fingerprint density at radius 2 is 1.95 bits per heavy atom. The van der Waals surface area contributed by atoms with Gasteiger partial charge in [0.15, 0.2) is 0 Å². The zero-order chi connectivity index (χ0) is 15.3. The van der Waals surface area contributed by atoms with Gasteiger partial charge in [0.2, 0.25) is 0 Å². The maximum absolute atomic E-state index is 12.0. The van der Waals surface area contributed by atoms with Gasteiger partial charge in [0, 0.05) is 17.3 Å². The third-order valence-electron chi connectivity index (χ3n) is 2.83. The monoisotopic (exact) mass is 299 g/mol. The molecule has 8 heteroatoms. The maximum atomic E-state index is 12.0. The van der Waals surface area contributed by atoms with E-state index in [4.69, 9.17) is 0 Å². The van der Waals surface area contributed by atoms with Gasteiger partial charge in [-0.25, -0.2) is 4.83 Å². The molecule has 0 amide bonds. The average Bonchev–Trinajstić information content (AvgIpc) is 2.39. The first-order chi connectivity index (χ1) is 9.31. The minimum Gasteiger partial charge on any atom is -0.258 e. The Balaban J connectivity index is 3.14. The van der Waals surface area contributed by atoms with Crippen molar-refractivity contribution in [2.75, 3.05) is 0 Å². The topological polar surface area (TPSA) is 102 Å². The summed E-state index contributed by atoms with van der Waals surface area (Å²) in [5, 5.41) is 14.6. The van der Waals surface area contributed by atoms with E-state index in [1.54, 1.807) is 6.92 Å². The number of nitro groups is 1. The van der Waals surface area contributed by atoms with Crippen LogP contribution in [0.25, 0.3) is 0 Å². The number of hydrogen-bond donors (Lipinski definition) is 1. The normalized spacial score (nSPS) is 10.9. The van der Waals surface area contributed by atoms with Crippen LogP contribution in [0.5, 0.6) is 0 Å². The van der Waals surface area contributed by atoms with Crippen LogP contribution in [0.3, 0.4) is 0 Å². The standard InChI is InChI=1S/C12H17N3O4S/c1-4-10(5-2)13-14-20(18,19)11-7-6-9(3)12(8-11)15(16)17/h6-8,14H,4-5H2,1-3H3. The Kier molecular flexibility index (Phi) is 5.20. The van der Waals surface area contributed by atoms with Gasteiger partial charge in [-0.15, -0.1) is 0 Å². The Hall–Kier alpha value is -1.96. The average molecular weight is 299 g/mol. The zero-order valence-corrected chi connectivity index (χ0v) is 12.4. The van der Waals surface area contributed by atoms with Crippen LogP contribution in [0.2, 0.25) is 0 Å².